The van der Waals surface area contributed by atoms with Crippen molar-refractivity contribution in [1.82, 2.24) is 14.7 Å². The van der Waals surface area contributed by atoms with Crippen LogP contribution in [0.15, 0.2) is 83.9 Å². The van der Waals surface area contributed by atoms with Crippen LogP contribution >= 0.6 is 0 Å². The number of aromatic nitrogens is 2. The van der Waals surface area contributed by atoms with Gasteiger partial charge in [-0.25, -0.2) is 14.1 Å². The first-order valence-corrected chi connectivity index (χ1v) is 11.6. The second kappa shape index (κ2) is 8.13. The maximum absolute atomic E-state index is 15.1. The van der Waals surface area contributed by atoms with Crippen molar-refractivity contribution >= 4 is 11.7 Å². The molecule has 1 aliphatic heterocycles. The molecule has 2 aliphatic rings. The molecule has 0 saturated heterocycles. The van der Waals surface area contributed by atoms with Crippen molar-refractivity contribution < 1.29 is 9.13 Å². The fourth-order valence-electron chi connectivity index (χ4n) is 4.82. The number of halogens is 1. The summed E-state index contributed by atoms with van der Waals surface area (Å²) in [4.78, 5) is 7.40. The normalized spacial score (nSPS) is 17.3. The van der Waals surface area contributed by atoms with E-state index < -0.39 is 0 Å². The summed E-state index contributed by atoms with van der Waals surface area (Å²) in [6.45, 7) is 2.03. The Morgan fingerprint density at radius 2 is 1.62 bits per heavy atom. The molecule has 0 unspecified atom stereocenters. The van der Waals surface area contributed by atoms with Crippen LogP contribution < -0.4 is 4.74 Å². The van der Waals surface area contributed by atoms with Gasteiger partial charge in [0.15, 0.2) is 5.82 Å². The molecule has 0 N–H and O–H groups in total. The molecule has 1 atom stereocenters. The van der Waals surface area contributed by atoms with Gasteiger partial charge in [0.1, 0.15) is 17.4 Å². The van der Waals surface area contributed by atoms with E-state index >= 15 is 4.39 Å². The Hall–Kier alpha value is -3.93. The van der Waals surface area contributed by atoms with E-state index in [1.54, 1.807) is 13.2 Å². The number of amidine groups is 1. The molecular weight excluding hydrogens is 427 g/mol. The quantitative estimate of drug-likeness (QED) is 0.374. The standard InChI is InChI=1S/C28H25FN4O/c1-18-25-26(19-12-16-22(34-2)17-13-19)32(20-14-15-20)27(23-10-6-7-11-24(23)29)30-28(25)33(31-18)21-8-4-3-5-9-21/h3-13,16-17,20,26H,14-15H2,1-2H3/t26-/m1/s1. The van der Waals surface area contributed by atoms with E-state index in [0.717, 1.165) is 46.9 Å². The van der Waals surface area contributed by atoms with Crippen LogP contribution in [0.3, 0.4) is 0 Å². The predicted molar refractivity (Wildman–Crippen MR) is 131 cm³/mol. The van der Waals surface area contributed by atoms with Gasteiger partial charge in [0.25, 0.3) is 0 Å². The van der Waals surface area contributed by atoms with E-state index in [2.05, 4.69) is 17.0 Å². The minimum atomic E-state index is -0.272. The molecule has 1 aromatic heterocycles. The number of para-hydroxylation sites is 1. The first-order chi connectivity index (χ1) is 16.7. The molecular formula is C28H25FN4O. The van der Waals surface area contributed by atoms with Gasteiger partial charge in [-0.05, 0) is 61.7 Å². The third-order valence-corrected chi connectivity index (χ3v) is 6.58. The van der Waals surface area contributed by atoms with E-state index in [1.165, 1.54) is 6.07 Å². The van der Waals surface area contributed by atoms with Gasteiger partial charge >= 0.3 is 0 Å². The highest BCUT2D eigenvalue weighted by molar-refractivity contribution is 6.02. The molecule has 2 heterocycles. The summed E-state index contributed by atoms with van der Waals surface area (Å²) in [6.07, 6.45) is 2.11. The number of nitrogens with zero attached hydrogens (tertiary/aromatic N) is 4. The largest absolute Gasteiger partial charge is 0.497 e. The molecule has 0 radical (unpaired) electrons. The van der Waals surface area contributed by atoms with Crippen molar-refractivity contribution in [2.24, 2.45) is 4.99 Å². The molecule has 6 heteroatoms. The summed E-state index contributed by atoms with van der Waals surface area (Å²) in [5.41, 5.74) is 4.52. The number of hydrogen-bond donors (Lipinski definition) is 0. The number of benzene rings is 3. The van der Waals surface area contributed by atoms with Gasteiger partial charge in [0, 0.05) is 11.6 Å². The van der Waals surface area contributed by atoms with Crippen LogP contribution in [0.5, 0.6) is 5.75 Å². The molecule has 34 heavy (non-hydrogen) atoms. The van der Waals surface area contributed by atoms with Crippen molar-refractivity contribution in [2.45, 2.75) is 31.8 Å². The minimum absolute atomic E-state index is 0.127. The maximum atomic E-state index is 15.1. The second-order valence-corrected chi connectivity index (χ2v) is 8.80. The Balaban J connectivity index is 1.62. The summed E-state index contributed by atoms with van der Waals surface area (Å²) < 4.78 is 22.4. The lowest BCUT2D eigenvalue weighted by Gasteiger charge is -2.38. The monoisotopic (exact) mass is 452 g/mol. The van der Waals surface area contributed by atoms with Gasteiger partial charge in [0.05, 0.1) is 30.1 Å². The Morgan fingerprint density at radius 1 is 0.912 bits per heavy atom. The number of methoxy groups -OCH3 is 1. The lowest BCUT2D eigenvalue weighted by molar-refractivity contribution is 0.340. The topological polar surface area (TPSA) is 42.6 Å². The van der Waals surface area contributed by atoms with Gasteiger partial charge < -0.3 is 9.64 Å². The smallest absolute Gasteiger partial charge is 0.163 e. The maximum Gasteiger partial charge on any atom is 0.163 e. The number of rotatable bonds is 5. The molecule has 4 aromatic rings. The van der Waals surface area contributed by atoms with Gasteiger partial charge in [-0.3, -0.25) is 0 Å². The first kappa shape index (κ1) is 20.7. The fourth-order valence-corrected chi connectivity index (χ4v) is 4.82. The van der Waals surface area contributed by atoms with Crippen LogP contribution in [0.1, 0.15) is 41.3 Å². The Labute approximate surface area is 198 Å². The minimum Gasteiger partial charge on any atom is -0.497 e. The van der Waals surface area contributed by atoms with Gasteiger partial charge in [-0.1, -0.05) is 42.5 Å². The van der Waals surface area contributed by atoms with Crippen LogP contribution in [-0.4, -0.2) is 33.7 Å². The zero-order valence-electron chi connectivity index (χ0n) is 19.1. The zero-order valence-corrected chi connectivity index (χ0v) is 19.1. The highest BCUT2D eigenvalue weighted by atomic mass is 19.1. The first-order valence-electron chi connectivity index (χ1n) is 11.6. The highest BCUT2D eigenvalue weighted by Gasteiger charge is 2.44. The summed E-state index contributed by atoms with van der Waals surface area (Å²) >= 11 is 0. The lowest BCUT2D eigenvalue weighted by atomic mass is 9.93. The summed E-state index contributed by atoms with van der Waals surface area (Å²) in [5.74, 6) is 1.94. The number of aliphatic imine (C=N–C) groups is 1. The van der Waals surface area contributed by atoms with E-state index in [-0.39, 0.29) is 11.9 Å². The van der Waals surface area contributed by atoms with Crippen LogP contribution in [-0.2, 0) is 0 Å². The fraction of sp³-hybridized carbons (Fsp3) is 0.214. The number of ether oxygens (including phenoxy) is 1. The van der Waals surface area contributed by atoms with Gasteiger partial charge in [0.2, 0.25) is 0 Å². The Kier molecular flexibility index (Phi) is 4.94. The molecule has 0 bridgehead atoms. The van der Waals surface area contributed by atoms with Crippen molar-refractivity contribution in [3.05, 3.63) is 107 Å². The summed E-state index contributed by atoms with van der Waals surface area (Å²) in [5, 5.41) is 4.90. The molecule has 1 saturated carbocycles. The zero-order chi connectivity index (χ0) is 23.2. The van der Waals surface area contributed by atoms with Crippen LogP contribution in [0, 0.1) is 12.7 Å². The van der Waals surface area contributed by atoms with Crippen LogP contribution in [0.25, 0.3) is 5.69 Å². The third-order valence-electron chi connectivity index (χ3n) is 6.58. The second-order valence-electron chi connectivity index (χ2n) is 8.80. The molecule has 0 amide bonds. The van der Waals surface area contributed by atoms with E-state index in [0.29, 0.717) is 17.4 Å². The van der Waals surface area contributed by atoms with E-state index in [4.69, 9.17) is 14.8 Å². The predicted octanol–water partition coefficient (Wildman–Crippen LogP) is 5.97. The highest BCUT2D eigenvalue weighted by Crippen LogP contribution is 2.47. The summed E-state index contributed by atoms with van der Waals surface area (Å²) in [7, 11) is 1.67. The molecule has 0 spiro atoms. The van der Waals surface area contributed by atoms with Crippen molar-refractivity contribution in [3.63, 3.8) is 0 Å². The molecule has 3 aromatic carbocycles. The third kappa shape index (κ3) is 3.37. The number of aryl methyl sites for hydroxylation is 1. The van der Waals surface area contributed by atoms with E-state index in [1.807, 2.05) is 66.2 Å². The molecule has 1 fully saturated rings. The number of hydrogen-bond acceptors (Lipinski definition) is 4. The SMILES string of the molecule is COc1ccc([C@@H]2c3c(C)nn(-c4ccccc4)c3N=C(c3ccccc3F)N2C2CC2)cc1. The lowest BCUT2D eigenvalue weighted by Crippen LogP contribution is -2.40. The Morgan fingerprint density at radius 3 is 2.29 bits per heavy atom. The van der Waals surface area contributed by atoms with Crippen molar-refractivity contribution in [3.8, 4) is 11.4 Å². The number of fused-ring (bicyclic) bond motifs is 1. The van der Waals surface area contributed by atoms with Gasteiger partial charge in [-0.2, -0.15) is 5.10 Å². The average Bonchev–Trinajstić information content (AvgIpc) is 3.67. The molecule has 5 nitrogen and oxygen atoms in total. The average molecular weight is 453 g/mol. The van der Waals surface area contributed by atoms with Crippen LogP contribution in [0.2, 0.25) is 0 Å². The van der Waals surface area contributed by atoms with Crippen LogP contribution in [0.4, 0.5) is 10.2 Å². The van der Waals surface area contributed by atoms with Crippen molar-refractivity contribution in [2.75, 3.05) is 7.11 Å². The van der Waals surface area contributed by atoms with E-state index in [9.17, 15) is 0 Å². The Bertz CT molecular complexity index is 1370. The summed E-state index contributed by atoms with van der Waals surface area (Å²) in [6, 6.07) is 25.2. The van der Waals surface area contributed by atoms with Crippen molar-refractivity contribution in [1.29, 1.82) is 0 Å². The van der Waals surface area contributed by atoms with Gasteiger partial charge in [-0.15, -0.1) is 0 Å². The molecule has 170 valence electrons. The molecule has 1 aliphatic carbocycles. The molecule has 6 rings (SSSR count).